The van der Waals surface area contributed by atoms with Gasteiger partial charge in [0.05, 0.1) is 5.69 Å². The quantitative estimate of drug-likeness (QED) is 0.837. The van der Waals surface area contributed by atoms with Gasteiger partial charge >= 0.3 is 0 Å². The third kappa shape index (κ3) is 3.25. The van der Waals surface area contributed by atoms with Crippen LogP contribution in [0.2, 0.25) is 0 Å². The van der Waals surface area contributed by atoms with Gasteiger partial charge in [-0.2, -0.15) is 0 Å². The molecule has 0 bridgehead atoms. The first-order valence-corrected chi connectivity index (χ1v) is 8.08. The minimum Gasteiger partial charge on any atom is -0.383 e. The first-order chi connectivity index (χ1) is 8.87. The van der Waals surface area contributed by atoms with Crippen molar-refractivity contribution in [1.29, 1.82) is 0 Å². The van der Waals surface area contributed by atoms with E-state index in [-0.39, 0.29) is 5.03 Å². The molecule has 0 aromatic carbocycles. The third-order valence-corrected chi connectivity index (χ3v) is 5.02. The predicted octanol–water partition coefficient (Wildman–Crippen LogP) is 1.98. The van der Waals surface area contributed by atoms with E-state index in [4.69, 9.17) is 0 Å². The normalized spacial score (nSPS) is 16.4. The van der Waals surface area contributed by atoms with Crippen LogP contribution in [0.25, 0.3) is 0 Å². The van der Waals surface area contributed by atoms with Gasteiger partial charge in [0.25, 0.3) is 10.0 Å². The van der Waals surface area contributed by atoms with Crippen molar-refractivity contribution < 1.29 is 8.42 Å². The molecule has 1 aromatic heterocycles. The Bertz CT molecular complexity index is 551. The Morgan fingerprint density at radius 1 is 1.42 bits per heavy atom. The molecule has 0 atom stereocenters. The number of hydrogen-bond donors (Lipinski definition) is 2. The minimum atomic E-state index is -3.60. The Morgan fingerprint density at radius 3 is 2.68 bits per heavy atom. The fraction of sp³-hybridized carbons (Fsp3) is 0.615. The fourth-order valence-electron chi connectivity index (χ4n) is 2.21. The summed E-state index contributed by atoms with van der Waals surface area (Å²) >= 11 is 0. The van der Waals surface area contributed by atoms with Crippen molar-refractivity contribution in [2.45, 2.75) is 44.2 Å². The van der Waals surface area contributed by atoms with E-state index in [9.17, 15) is 8.42 Å². The van der Waals surface area contributed by atoms with E-state index in [1.807, 2.05) is 20.8 Å². The molecule has 1 saturated carbocycles. The summed E-state index contributed by atoms with van der Waals surface area (Å²) in [6.45, 7) is 6.43. The summed E-state index contributed by atoms with van der Waals surface area (Å²) in [6.07, 6.45) is 3.66. The van der Waals surface area contributed by atoms with Crippen LogP contribution in [-0.4, -0.2) is 25.5 Å². The maximum atomic E-state index is 12.5. The first-order valence-electron chi connectivity index (χ1n) is 6.59. The molecule has 0 spiro atoms. The van der Waals surface area contributed by atoms with Crippen LogP contribution in [-0.2, 0) is 10.0 Å². The lowest BCUT2D eigenvalue weighted by atomic mass is 10.0. The van der Waals surface area contributed by atoms with E-state index < -0.39 is 15.6 Å². The van der Waals surface area contributed by atoms with Gasteiger partial charge in [0, 0.05) is 18.3 Å². The summed E-state index contributed by atoms with van der Waals surface area (Å²) in [5.74, 6) is 0.425. The molecule has 1 fully saturated rings. The van der Waals surface area contributed by atoms with E-state index >= 15 is 0 Å². The van der Waals surface area contributed by atoms with Gasteiger partial charge < -0.3 is 5.32 Å². The van der Waals surface area contributed by atoms with Crippen molar-refractivity contribution in [3.63, 3.8) is 0 Å². The highest BCUT2D eigenvalue weighted by molar-refractivity contribution is 7.89. The molecule has 1 aromatic rings. The van der Waals surface area contributed by atoms with Crippen LogP contribution in [0, 0.1) is 5.92 Å². The van der Waals surface area contributed by atoms with E-state index in [1.54, 1.807) is 12.1 Å². The third-order valence-electron chi connectivity index (χ3n) is 3.39. The molecule has 2 N–H and O–H groups in total. The van der Waals surface area contributed by atoms with E-state index in [2.05, 4.69) is 15.0 Å². The first kappa shape index (κ1) is 14.3. The zero-order chi connectivity index (χ0) is 14.1. The van der Waals surface area contributed by atoms with Crippen molar-refractivity contribution in [3.8, 4) is 0 Å². The van der Waals surface area contributed by atoms with Crippen LogP contribution in [0.4, 0.5) is 5.69 Å². The van der Waals surface area contributed by atoms with Gasteiger partial charge in [-0.1, -0.05) is 0 Å². The Balaban J connectivity index is 2.28. The monoisotopic (exact) mass is 283 g/mol. The fourth-order valence-corrected chi connectivity index (χ4v) is 3.80. The largest absolute Gasteiger partial charge is 0.383 e. The molecule has 0 aliphatic heterocycles. The topological polar surface area (TPSA) is 71.1 Å². The number of sulfonamides is 1. The zero-order valence-electron chi connectivity index (χ0n) is 11.6. The van der Waals surface area contributed by atoms with Gasteiger partial charge in [-0.3, -0.25) is 0 Å². The van der Waals surface area contributed by atoms with Gasteiger partial charge in [-0.05, 0) is 51.7 Å². The molecular weight excluding hydrogens is 262 g/mol. The number of anilines is 1. The van der Waals surface area contributed by atoms with Crippen LogP contribution in [0.1, 0.15) is 33.6 Å². The molecule has 6 heteroatoms. The molecule has 5 nitrogen and oxygen atoms in total. The zero-order valence-corrected chi connectivity index (χ0v) is 12.4. The van der Waals surface area contributed by atoms with Crippen molar-refractivity contribution in [2.24, 2.45) is 5.92 Å². The van der Waals surface area contributed by atoms with Crippen LogP contribution < -0.4 is 10.0 Å². The standard InChI is InChI=1S/C13H21N3O2S/c1-4-14-11-6-5-9-15-12(11)19(17,18)16-13(2,3)10-7-8-10/h5-6,9-10,14,16H,4,7-8H2,1-3H3. The highest BCUT2D eigenvalue weighted by atomic mass is 32.2. The maximum absolute atomic E-state index is 12.5. The Hall–Kier alpha value is -1.14. The molecule has 1 heterocycles. The summed E-state index contributed by atoms with van der Waals surface area (Å²) in [6, 6.07) is 3.46. The lowest BCUT2D eigenvalue weighted by Crippen LogP contribution is -2.45. The van der Waals surface area contributed by atoms with Crippen LogP contribution in [0.15, 0.2) is 23.4 Å². The highest BCUT2D eigenvalue weighted by Gasteiger charge is 2.41. The smallest absolute Gasteiger partial charge is 0.260 e. The molecule has 1 aliphatic rings. The van der Waals surface area contributed by atoms with Crippen molar-refractivity contribution in [3.05, 3.63) is 18.3 Å². The van der Waals surface area contributed by atoms with Gasteiger partial charge in [0.1, 0.15) is 0 Å². The average Bonchev–Trinajstić information content (AvgIpc) is 3.12. The van der Waals surface area contributed by atoms with Crippen molar-refractivity contribution >= 4 is 15.7 Å². The minimum absolute atomic E-state index is 0.0746. The Kier molecular flexibility index (Phi) is 3.82. The molecule has 0 radical (unpaired) electrons. The molecular formula is C13H21N3O2S. The molecule has 106 valence electrons. The van der Waals surface area contributed by atoms with Crippen LogP contribution in [0.5, 0.6) is 0 Å². The number of pyridine rings is 1. The number of nitrogens with zero attached hydrogens (tertiary/aromatic N) is 1. The molecule has 0 unspecified atom stereocenters. The molecule has 2 rings (SSSR count). The lowest BCUT2D eigenvalue weighted by molar-refractivity contribution is 0.400. The van der Waals surface area contributed by atoms with E-state index in [1.165, 1.54) is 6.20 Å². The van der Waals surface area contributed by atoms with Gasteiger partial charge in [-0.15, -0.1) is 0 Å². The SMILES string of the molecule is CCNc1cccnc1S(=O)(=O)NC(C)(C)C1CC1. The Morgan fingerprint density at radius 2 is 2.11 bits per heavy atom. The molecule has 0 amide bonds. The molecule has 19 heavy (non-hydrogen) atoms. The number of rotatable bonds is 6. The second-order valence-corrected chi connectivity index (χ2v) is 7.09. The lowest BCUT2D eigenvalue weighted by Gasteiger charge is -2.26. The Labute approximate surface area is 114 Å². The number of nitrogens with one attached hydrogen (secondary N) is 2. The predicted molar refractivity (Wildman–Crippen MR) is 75.5 cm³/mol. The van der Waals surface area contributed by atoms with Gasteiger partial charge in [-0.25, -0.2) is 18.1 Å². The summed E-state index contributed by atoms with van der Waals surface area (Å²) < 4.78 is 27.7. The summed E-state index contributed by atoms with van der Waals surface area (Å²) in [5, 5.41) is 3.11. The van der Waals surface area contributed by atoms with Gasteiger partial charge in [0.15, 0.2) is 5.03 Å². The number of aromatic nitrogens is 1. The number of hydrogen-bond acceptors (Lipinski definition) is 4. The second-order valence-electron chi connectivity index (χ2n) is 5.49. The van der Waals surface area contributed by atoms with E-state index in [0.717, 1.165) is 12.8 Å². The molecule has 0 saturated heterocycles. The van der Waals surface area contributed by atoms with Crippen LogP contribution >= 0.6 is 0 Å². The highest BCUT2D eigenvalue weighted by Crippen LogP contribution is 2.40. The molecule has 1 aliphatic carbocycles. The average molecular weight is 283 g/mol. The van der Waals surface area contributed by atoms with Crippen molar-refractivity contribution in [1.82, 2.24) is 9.71 Å². The van der Waals surface area contributed by atoms with Crippen LogP contribution in [0.3, 0.4) is 0 Å². The summed E-state index contributed by atoms with van der Waals surface area (Å²) in [4.78, 5) is 4.02. The summed E-state index contributed by atoms with van der Waals surface area (Å²) in [5.41, 5.74) is 0.129. The van der Waals surface area contributed by atoms with Gasteiger partial charge in [0.2, 0.25) is 0 Å². The van der Waals surface area contributed by atoms with E-state index in [0.29, 0.717) is 18.2 Å². The van der Waals surface area contributed by atoms with Crippen molar-refractivity contribution in [2.75, 3.05) is 11.9 Å². The maximum Gasteiger partial charge on any atom is 0.260 e. The second kappa shape index (κ2) is 5.09. The summed E-state index contributed by atoms with van der Waals surface area (Å²) in [7, 11) is -3.60.